The molecule has 2 aliphatic rings. The summed E-state index contributed by atoms with van der Waals surface area (Å²) in [4.78, 5) is 43.7. The smallest absolute Gasteiger partial charge is 0.327 e. The predicted octanol–water partition coefficient (Wildman–Crippen LogP) is 2.79. The van der Waals surface area contributed by atoms with Gasteiger partial charge in [0, 0.05) is 13.6 Å². The lowest BCUT2D eigenvalue weighted by atomic mass is 9.81. The summed E-state index contributed by atoms with van der Waals surface area (Å²) in [5.41, 5.74) is 0.280. The number of carbonyl (C=O) groups excluding carboxylic acids is 3. The summed E-state index contributed by atoms with van der Waals surface area (Å²) in [6, 6.07) is 7.41. The molecule has 1 spiro atoms. The van der Waals surface area contributed by atoms with Crippen molar-refractivity contribution in [3.05, 3.63) is 29.8 Å². The number of benzene rings is 1. The fraction of sp³-hybridized carbons (Fsp3) is 0.625. The first-order valence-corrected chi connectivity index (χ1v) is 11.6. The molecule has 8 heteroatoms. The Morgan fingerprint density at radius 2 is 1.88 bits per heavy atom. The van der Waals surface area contributed by atoms with E-state index in [-0.39, 0.29) is 30.4 Å². The third-order valence-corrected chi connectivity index (χ3v) is 7.01. The number of methoxy groups -OCH3 is 1. The molecular weight excluding hydrogens is 408 g/mol. The predicted molar refractivity (Wildman–Crippen MR) is 122 cm³/mol. The lowest BCUT2D eigenvalue weighted by molar-refractivity contribution is -0.137. The van der Waals surface area contributed by atoms with Crippen LogP contribution in [0.2, 0.25) is 0 Å². The van der Waals surface area contributed by atoms with Crippen LogP contribution in [0.3, 0.4) is 0 Å². The molecule has 0 bridgehead atoms. The first-order valence-electron chi connectivity index (χ1n) is 11.6. The van der Waals surface area contributed by atoms with Gasteiger partial charge in [0.2, 0.25) is 5.91 Å². The van der Waals surface area contributed by atoms with Crippen LogP contribution in [0.4, 0.5) is 4.79 Å². The van der Waals surface area contributed by atoms with E-state index in [9.17, 15) is 14.4 Å². The van der Waals surface area contributed by atoms with Crippen molar-refractivity contribution in [3.63, 3.8) is 0 Å². The molecular formula is C24H36N4O4. The van der Waals surface area contributed by atoms with Gasteiger partial charge in [-0.25, -0.2) is 4.79 Å². The van der Waals surface area contributed by atoms with E-state index in [2.05, 4.69) is 24.1 Å². The van der Waals surface area contributed by atoms with Gasteiger partial charge in [0.05, 0.1) is 13.2 Å². The van der Waals surface area contributed by atoms with Crippen LogP contribution in [0.5, 0.6) is 5.75 Å². The second-order valence-corrected chi connectivity index (χ2v) is 8.64. The first-order chi connectivity index (χ1) is 15.4. The SMILES string of the molecule is CCN(CC)C(CNC(=O)CN1C(=O)N(C)C2(CCCCC2)C1=O)c1cccc(OC)c1. The van der Waals surface area contributed by atoms with Gasteiger partial charge in [-0.05, 0) is 43.6 Å². The van der Waals surface area contributed by atoms with Crippen LogP contribution in [0.1, 0.15) is 57.6 Å². The zero-order chi connectivity index (χ0) is 23.3. The van der Waals surface area contributed by atoms with Crippen LogP contribution in [0.25, 0.3) is 0 Å². The van der Waals surface area contributed by atoms with Gasteiger partial charge in [0.25, 0.3) is 5.91 Å². The number of urea groups is 1. The van der Waals surface area contributed by atoms with Crippen LogP contribution in [0.15, 0.2) is 24.3 Å². The third kappa shape index (κ3) is 4.60. The van der Waals surface area contributed by atoms with Gasteiger partial charge in [-0.3, -0.25) is 19.4 Å². The molecule has 1 saturated carbocycles. The maximum absolute atomic E-state index is 13.1. The number of hydrogen-bond donors (Lipinski definition) is 1. The number of nitrogens with zero attached hydrogens (tertiary/aromatic N) is 3. The van der Waals surface area contributed by atoms with E-state index in [0.717, 1.165) is 48.6 Å². The average molecular weight is 445 g/mol. The van der Waals surface area contributed by atoms with Crippen LogP contribution in [-0.4, -0.2) is 78.4 Å². The molecule has 1 aromatic rings. The topological polar surface area (TPSA) is 82.2 Å². The highest BCUT2D eigenvalue weighted by Gasteiger charge is 2.55. The molecule has 1 aromatic carbocycles. The molecule has 2 fully saturated rings. The Balaban J connectivity index is 1.68. The standard InChI is InChI=1S/C24H36N4O4/c1-5-27(6-2)20(18-11-10-12-19(15-18)32-4)16-25-21(29)17-28-22(30)24(26(3)23(28)31)13-8-7-9-14-24/h10-12,15,20H,5-9,13-14,16-17H2,1-4H3,(H,25,29). The van der Waals surface area contributed by atoms with Gasteiger partial charge >= 0.3 is 6.03 Å². The maximum atomic E-state index is 13.1. The van der Waals surface area contributed by atoms with Crippen LogP contribution < -0.4 is 10.1 Å². The zero-order valence-electron chi connectivity index (χ0n) is 19.7. The Bertz CT molecular complexity index is 833. The summed E-state index contributed by atoms with van der Waals surface area (Å²) >= 11 is 0. The lowest BCUT2D eigenvalue weighted by Gasteiger charge is -2.35. The van der Waals surface area contributed by atoms with E-state index < -0.39 is 5.54 Å². The monoisotopic (exact) mass is 444 g/mol. The molecule has 1 atom stereocenters. The van der Waals surface area contributed by atoms with Crippen molar-refractivity contribution >= 4 is 17.8 Å². The number of likely N-dealkylation sites (N-methyl/N-ethyl adjacent to an activating group) is 2. The summed E-state index contributed by atoms with van der Waals surface area (Å²) < 4.78 is 5.36. The molecule has 1 heterocycles. The highest BCUT2D eigenvalue weighted by molar-refractivity contribution is 6.08. The highest BCUT2D eigenvalue weighted by Crippen LogP contribution is 2.39. The summed E-state index contributed by atoms with van der Waals surface area (Å²) in [5, 5.41) is 2.96. The van der Waals surface area contributed by atoms with E-state index in [1.54, 1.807) is 19.1 Å². The molecule has 1 N–H and O–H groups in total. The van der Waals surface area contributed by atoms with Crippen molar-refractivity contribution < 1.29 is 19.1 Å². The largest absolute Gasteiger partial charge is 0.497 e. The maximum Gasteiger partial charge on any atom is 0.327 e. The Morgan fingerprint density at radius 1 is 1.19 bits per heavy atom. The van der Waals surface area contributed by atoms with Crippen molar-refractivity contribution in [2.45, 2.75) is 57.5 Å². The van der Waals surface area contributed by atoms with Crippen molar-refractivity contribution in [1.29, 1.82) is 0 Å². The van der Waals surface area contributed by atoms with E-state index in [1.165, 1.54) is 0 Å². The molecule has 3 rings (SSSR count). The Labute approximate surface area is 190 Å². The molecule has 1 aliphatic heterocycles. The Morgan fingerprint density at radius 3 is 2.50 bits per heavy atom. The molecule has 1 aliphatic carbocycles. The summed E-state index contributed by atoms with van der Waals surface area (Å²) in [6.45, 7) is 5.95. The molecule has 1 saturated heterocycles. The summed E-state index contributed by atoms with van der Waals surface area (Å²) in [5.74, 6) is 0.209. The van der Waals surface area contributed by atoms with Crippen molar-refractivity contribution in [1.82, 2.24) is 20.0 Å². The van der Waals surface area contributed by atoms with Crippen LogP contribution in [-0.2, 0) is 9.59 Å². The minimum absolute atomic E-state index is 0.0404. The van der Waals surface area contributed by atoms with Gasteiger partial charge in [0.15, 0.2) is 0 Å². The Hall–Kier alpha value is -2.61. The molecule has 176 valence electrons. The normalized spacial score (nSPS) is 19.0. The second kappa shape index (κ2) is 10.3. The van der Waals surface area contributed by atoms with E-state index in [0.29, 0.717) is 19.4 Å². The van der Waals surface area contributed by atoms with Crippen LogP contribution >= 0.6 is 0 Å². The van der Waals surface area contributed by atoms with Gasteiger partial charge in [0.1, 0.15) is 17.8 Å². The highest BCUT2D eigenvalue weighted by atomic mass is 16.5. The fourth-order valence-electron chi connectivity index (χ4n) is 5.05. The summed E-state index contributed by atoms with van der Waals surface area (Å²) in [6.07, 6.45) is 4.28. The Kier molecular flexibility index (Phi) is 7.77. The molecule has 1 unspecified atom stereocenters. The molecule has 32 heavy (non-hydrogen) atoms. The number of amides is 4. The van der Waals surface area contributed by atoms with Gasteiger partial charge in [-0.1, -0.05) is 45.2 Å². The third-order valence-electron chi connectivity index (χ3n) is 7.01. The van der Waals surface area contributed by atoms with E-state index in [4.69, 9.17) is 4.74 Å². The number of imide groups is 1. The number of hydrogen-bond acceptors (Lipinski definition) is 5. The molecule has 4 amide bonds. The first kappa shape index (κ1) is 24.0. The number of ether oxygens (including phenoxy) is 1. The van der Waals surface area contributed by atoms with Crippen molar-refractivity contribution in [2.24, 2.45) is 0 Å². The van der Waals surface area contributed by atoms with Crippen LogP contribution in [0, 0.1) is 0 Å². The van der Waals surface area contributed by atoms with Gasteiger partial charge in [-0.2, -0.15) is 0 Å². The molecule has 0 radical (unpaired) electrons. The van der Waals surface area contributed by atoms with Crippen molar-refractivity contribution in [3.8, 4) is 5.75 Å². The average Bonchev–Trinajstić information content (AvgIpc) is 2.98. The molecule has 8 nitrogen and oxygen atoms in total. The lowest BCUT2D eigenvalue weighted by Crippen LogP contribution is -2.49. The van der Waals surface area contributed by atoms with Crippen molar-refractivity contribution in [2.75, 3.05) is 40.3 Å². The van der Waals surface area contributed by atoms with E-state index >= 15 is 0 Å². The quantitative estimate of drug-likeness (QED) is 0.593. The molecule has 0 aromatic heterocycles. The van der Waals surface area contributed by atoms with E-state index in [1.807, 2.05) is 24.3 Å². The zero-order valence-corrected chi connectivity index (χ0v) is 19.7. The minimum atomic E-state index is -0.764. The number of rotatable bonds is 9. The summed E-state index contributed by atoms with van der Waals surface area (Å²) in [7, 11) is 3.32. The fourth-order valence-corrected chi connectivity index (χ4v) is 5.05. The number of nitrogens with one attached hydrogen (secondary N) is 1. The minimum Gasteiger partial charge on any atom is -0.497 e. The second-order valence-electron chi connectivity index (χ2n) is 8.64. The number of carbonyl (C=O) groups is 3. The van der Waals surface area contributed by atoms with Gasteiger partial charge < -0.3 is 15.0 Å². The van der Waals surface area contributed by atoms with Gasteiger partial charge in [-0.15, -0.1) is 0 Å².